The van der Waals surface area contributed by atoms with E-state index in [4.69, 9.17) is 0 Å². The Bertz CT molecular complexity index is 793. The molecule has 0 saturated carbocycles. The molecule has 0 aliphatic rings. The summed E-state index contributed by atoms with van der Waals surface area (Å²) in [5, 5.41) is 17.5. The van der Waals surface area contributed by atoms with Crippen molar-refractivity contribution in [3.63, 3.8) is 0 Å². The van der Waals surface area contributed by atoms with Gasteiger partial charge in [-0.3, -0.25) is 4.79 Å². The number of aromatic nitrogens is 4. The molecular formula is C15H14N4O2. The molecule has 6 nitrogen and oxygen atoms in total. The Morgan fingerprint density at radius 3 is 2.71 bits per heavy atom. The summed E-state index contributed by atoms with van der Waals surface area (Å²) in [6.07, 6.45) is 4.04. The van der Waals surface area contributed by atoms with E-state index in [1.807, 2.05) is 36.5 Å². The molecule has 0 aliphatic heterocycles. The zero-order valence-electron chi connectivity index (χ0n) is 11.3. The molecule has 0 bridgehead atoms. The van der Waals surface area contributed by atoms with Crippen molar-refractivity contribution in [1.82, 2.24) is 19.6 Å². The lowest BCUT2D eigenvalue weighted by atomic mass is 10.3. The van der Waals surface area contributed by atoms with E-state index in [0.717, 1.165) is 11.4 Å². The molecule has 0 fully saturated rings. The van der Waals surface area contributed by atoms with Crippen molar-refractivity contribution in [3.8, 4) is 11.4 Å². The van der Waals surface area contributed by atoms with Crippen LogP contribution in [0.15, 0.2) is 59.7 Å². The number of para-hydroxylation sites is 1. The topological polar surface area (TPSA) is 72.9 Å². The Hall–Kier alpha value is -2.89. The molecule has 3 aromatic rings. The third kappa shape index (κ3) is 2.84. The summed E-state index contributed by atoms with van der Waals surface area (Å²) < 4.78 is 3.15. The average Bonchev–Trinajstić information content (AvgIpc) is 2.99. The van der Waals surface area contributed by atoms with Crippen molar-refractivity contribution in [2.24, 2.45) is 0 Å². The maximum Gasteiger partial charge on any atom is 0.292 e. The van der Waals surface area contributed by atoms with Crippen molar-refractivity contribution in [2.75, 3.05) is 0 Å². The van der Waals surface area contributed by atoms with Gasteiger partial charge in [0.25, 0.3) is 5.56 Å². The molecule has 0 unspecified atom stereocenters. The standard InChI is InChI=1S/C15H14N4O2/c20-14-7-4-9-18(15(14)21)10-8-12-11-19(17-16-12)13-5-2-1-3-6-13/h1-7,9,11,20H,8,10H2. The normalized spacial score (nSPS) is 10.7. The quantitative estimate of drug-likeness (QED) is 0.784. The molecule has 0 atom stereocenters. The highest BCUT2D eigenvalue weighted by atomic mass is 16.3. The van der Waals surface area contributed by atoms with Crippen LogP contribution >= 0.6 is 0 Å². The van der Waals surface area contributed by atoms with E-state index in [1.54, 1.807) is 16.9 Å². The van der Waals surface area contributed by atoms with E-state index in [0.29, 0.717) is 13.0 Å². The smallest absolute Gasteiger partial charge is 0.292 e. The lowest BCUT2D eigenvalue weighted by molar-refractivity contribution is 0.456. The second-order valence-electron chi connectivity index (χ2n) is 4.63. The molecule has 0 radical (unpaired) electrons. The summed E-state index contributed by atoms with van der Waals surface area (Å²) in [5.74, 6) is -0.245. The van der Waals surface area contributed by atoms with E-state index in [1.165, 1.54) is 10.6 Å². The number of hydrogen-bond donors (Lipinski definition) is 1. The number of pyridine rings is 1. The molecule has 0 aliphatic carbocycles. The predicted octanol–water partition coefficient (Wildman–Crippen LogP) is 1.38. The van der Waals surface area contributed by atoms with E-state index in [-0.39, 0.29) is 5.75 Å². The molecule has 106 valence electrons. The van der Waals surface area contributed by atoms with E-state index in [2.05, 4.69) is 10.3 Å². The van der Waals surface area contributed by atoms with Crippen LogP contribution in [0.5, 0.6) is 5.75 Å². The first-order valence-electron chi connectivity index (χ1n) is 6.59. The van der Waals surface area contributed by atoms with Gasteiger partial charge >= 0.3 is 0 Å². The molecule has 1 N–H and O–H groups in total. The van der Waals surface area contributed by atoms with Gasteiger partial charge in [-0.2, -0.15) is 0 Å². The fourth-order valence-corrected chi connectivity index (χ4v) is 2.06. The second-order valence-corrected chi connectivity index (χ2v) is 4.63. The van der Waals surface area contributed by atoms with E-state index in [9.17, 15) is 9.90 Å². The lowest BCUT2D eigenvalue weighted by Gasteiger charge is -2.03. The van der Waals surface area contributed by atoms with Crippen LogP contribution in [0.25, 0.3) is 5.69 Å². The lowest BCUT2D eigenvalue weighted by Crippen LogP contribution is -2.19. The third-order valence-corrected chi connectivity index (χ3v) is 3.17. The highest BCUT2D eigenvalue weighted by molar-refractivity contribution is 5.29. The summed E-state index contributed by atoms with van der Waals surface area (Å²) in [4.78, 5) is 11.7. The summed E-state index contributed by atoms with van der Waals surface area (Å²) in [6.45, 7) is 0.445. The van der Waals surface area contributed by atoms with Crippen LogP contribution in [0.1, 0.15) is 5.69 Å². The minimum atomic E-state index is -0.395. The Kier molecular flexibility index (Phi) is 3.51. The fourth-order valence-electron chi connectivity index (χ4n) is 2.06. The summed E-state index contributed by atoms with van der Waals surface area (Å²) >= 11 is 0. The van der Waals surface area contributed by atoms with Gasteiger partial charge in [-0.05, 0) is 24.3 Å². The largest absolute Gasteiger partial charge is 0.503 e. The Labute approximate surface area is 120 Å². The van der Waals surface area contributed by atoms with Gasteiger partial charge < -0.3 is 9.67 Å². The van der Waals surface area contributed by atoms with Crippen LogP contribution in [0.4, 0.5) is 0 Å². The summed E-state index contributed by atoms with van der Waals surface area (Å²) in [7, 11) is 0. The Morgan fingerprint density at radius 2 is 1.90 bits per heavy atom. The van der Waals surface area contributed by atoms with Gasteiger partial charge in [0, 0.05) is 19.2 Å². The molecule has 21 heavy (non-hydrogen) atoms. The van der Waals surface area contributed by atoms with Crippen LogP contribution < -0.4 is 5.56 Å². The molecule has 2 heterocycles. The maximum absolute atomic E-state index is 11.7. The molecule has 0 saturated heterocycles. The van der Waals surface area contributed by atoms with Crippen LogP contribution in [-0.2, 0) is 13.0 Å². The number of hydrogen-bond acceptors (Lipinski definition) is 4. The van der Waals surface area contributed by atoms with Crippen LogP contribution in [0, 0.1) is 0 Å². The first-order chi connectivity index (χ1) is 10.2. The van der Waals surface area contributed by atoms with Gasteiger partial charge in [0.2, 0.25) is 0 Å². The highest BCUT2D eigenvalue weighted by Crippen LogP contribution is 2.06. The Morgan fingerprint density at radius 1 is 1.10 bits per heavy atom. The number of aromatic hydroxyl groups is 1. The van der Waals surface area contributed by atoms with Gasteiger partial charge in [0.1, 0.15) is 0 Å². The molecule has 6 heteroatoms. The molecule has 0 amide bonds. The molecule has 2 aromatic heterocycles. The van der Waals surface area contributed by atoms with Crippen molar-refractivity contribution in [3.05, 3.63) is 70.9 Å². The first-order valence-corrected chi connectivity index (χ1v) is 6.59. The molecule has 1 aromatic carbocycles. The van der Waals surface area contributed by atoms with Crippen molar-refractivity contribution < 1.29 is 5.11 Å². The van der Waals surface area contributed by atoms with Gasteiger partial charge in [-0.1, -0.05) is 23.4 Å². The van der Waals surface area contributed by atoms with Crippen molar-refractivity contribution >= 4 is 0 Å². The number of benzene rings is 1. The van der Waals surface area contributed by atoms with Crippen molar-refractivity contribution in [2.45, 2.75) is 13.0 Å². The molecule has 0 spiro atoms. The molecular weight excluding hydrogens is 268 g/mol. The zero-order chi connectivity index (χ0) is 14.7. The maximum atomic E-state index is 11.7. The number of aryl methyl sites for hydroxylation is 2. The number of nitrogens with zero attached hydrogens (tertiary/aromatic N) is 4. The Balaban J connectivity index is 1.74. The summed E-state index contributed by atoms with van der Waals surface area (Å²) in [5.41, 5.74) is 1.33. The van der Waals surface area contributed by atoms with Crippen LogP contribution in [0.3, 0.4) is 0 Å². The van der Waals surface area contributed by atoms with Crippen LogP contribution in [0.2, 0.25) is 0 Å². The van der Waals surface area contributed by atoms with Gasteiger partial charge in [-0.25, -0.2) is 4.68 Å². The van der Waals surface area contributed by atoms with Crippen LogP contribution in [-0.4, -0.2) is 24.7 Å². The minimum Gasteiger partial charge on any atom is -0.503 e. The zero-order valence-corrected chi connectivity index (χ0v) is 11.3. The third-order valence-electron chi connectivity index (χ3n) is 3.17. The van der Waals surface area contributed by atoms with Crippen molar-refractivity contribution in [1.29, 1.82) is 0 Å². The minimum absolute atomic E-state index is 0.245. The van der Waals surface area contributed by atoms with E-state index >= 15 is 0 Å². The number of rotatable bonds is 4. The average molecular weight is 282 g/mol. The molecule has 3 rings (SSSR count). The monoisotopic (exact) mass is 282 g/mol. The van der Waals surface area contributed by atoms with Gasteiger partial charge in [0.05, 0.1) is 17.6 Å². The fraction of sp³-hybridized carbons (Fsp3) is 0.133. The predicted molar refractivity (Wildman–Crippen MR) is 77.4 cm³/mol. The van der Waals surface area contributed by atoms with Gasteiger partial charge in [0.15, 0.2) is 5.75 Å². The highest BCUT2D eigenvalue weighted by Gasteiger charge is 2.05. The summed E-state index contributed by atoms with van der Waals surface area (Å²) in [6, 6.07) is 12.7. The SMILES string of the molecule is O=c1c(O)cccn1CCc1cn(-c2ccccc2)nn1. The van der Waals surface area contributed by atoms with Gasteiger partial charge in [-0.15, -0.1) is 5.10 Å². The first kappa shape index (κ1) is 13.1. The second kappa shape index (κ2) is 5.62. The van der Waals surface area contributed by atoms with E-state index < -0.39 is 5.56 Å².